The van der Waals surface area contributed by atoms with E-state index in [0.717, 1.165) is 25.6 Å². The van der Waals surface area contributed by atoms with Crippen LogP contribution in [-0.4, -0.2) is 23.5 Å². The number of carbonyl (C=O) groups excluding carboxylic acids is 2. The van der Waals surface area contributed by atoms with E-state index in [1.807, 2.05) is 50.2 Å². The van der Waals surface area contributed by atoms with Crippen LogP contribution in [0.2, 0.25) is 0 Å². The second-order valence-electron chi connectivity index (χ2n) is 5.98. The van der Waals surface area contributed by atoms with E-state index in [1.54, 1.807) is 0 Å². The average Bonchev–Trinajstić information content (AvgIpc) is 2.61. The molecule has 2 amide bonds. The number of ether oxygens (including phenoxy) is 1. The van der Waals surface area contributed by atoms with Crippen molar-refractivity contribution in [3.05, 3.63) is 62.0 Å². The van der Waals surface area contributed by atoms with E-state index in [-0.39, 0.29) is 24.0 Å². The number of carbonyl (C=O) groups is 2. The molecule has 0 fully saturated rings. The van der Waals surface area contributed by atoms with Gasteiger partial charge >= 0.3 is 0 Å². The third-order valence-corrected chi connectivity index (χ3v) is 4.97. The van der Waals surface area contributed by atoms with Gasteiger partial charge in [-0.25, -0.2) is 0 Å². The largest absolute Gasteiger partial charge is 0.482 e. The van der Waals surface area contributed by atoms with Gasteiger partial charge in [0.05, 0.1) is 10.9 Å². The van der Waals surface area contributed by atoms with Crippen molar-refractivity contribution >= 4 is 61.0 Å². The zero-order valence-electron chi connectivity index (χ0n) is 15.3. The molecule has 0 aliphatic heterocycles. The molecule has 28 heavy (non-hydrogen) atoms. The van der Waals surface area contributed by atoms with Gasteiger partial charge in [0.15, 0.2) is 11.7 Å². The van der Waals surface area contributed by atoms with Crippen LogP contribution in [0.15, 0.2) is 45.3 Å². The molecule has 0 aliphatic carbocycles. The summed E-state index contributed by atoms with van der Waals surface area (Å²) in [5.41, 5.74) is 7.69. The number of nitrogens with one attached hydrogen (secondary N) is 3. The minimum atomic E-state index is -0.440. The Hall–Kier alpha value is -1.97. The van der Waals surface area contributed by atoms with Crippen molar-refractivity contribution in [2.45, 2.75) is 20.3 Å². The second kappa shape index (κ2) is 10.5. The Bertz CT molecular complexity index is 883. The van der Waals surface area contributed by atoms with Gasteiger partial charge in [-0.3, -0.25) is 20.4 Å². The quantitative estimate of drug-likeness (QED) is 0.409. The highest BCUT2D eigenvalue weighted by atomic mass is 79.9. The number of amides is 2. The molecule has 2 aromatic carbocycles. The third kappa shape index (κ3) is 6.88. The van der Waals surface area contributed by atoms with E-state index in [9.17, 15) is 9.59 Å². The lowest BCUT2D eigenvalue weighted by atomic mass is 10.1. The molecule has 2 rings (SSSR count). The van der Waals surface area contributed by atoms with Crippen LogP contribution >= 0.6 is 44.1 Å². The predicted molar refractivity (Wildman–Crippen MR) is 119 cm³/mol. The van der Waals surface area contributed by atoms with Gasteiger partial charge in [-0.05, 0) is 70.8 Å². The standard InChI is InChI=1S/C19H19Br2N3O3S/c1-11-5-3-4-6-13(11)8-16(25)22-19(28)24-23-17(26)10-27-18-12(2)7-14(20)9-15(18)21/h3-7,9H,8,10H2,1-2H3,(H,23,26)(H2,22,24,25,28). The Morgan fingerprint density at radius 1 is 1.04 bits per heavy atom. The van der Waals surface area contributed by atoms with Gasteiger partial charge in [0.25, 0.3) is 5.91 Å². The fourth-order valence-electron chi connectivity index (χ4n) is 2.36. The normalized spacial score (nSPS) is 10.1. The van der Waals surface area contributed by atoms with Crippen molar-refractivity contribution in [1.29, 1.82) is 0 Å². The lowest BCUT2D eigenvalue weighted by molar-refractivity contribution is -0.124. The number of hydrogen-bond donors (Lipinski definition) is 3. The smallest absolute Gasteiger partial charge is 0.276 e. The minimum Gasteiger partial charge on any atom is -0.482 e. The second-order valence-corrected chi connectivity index (χ2v) is 8.15. The van der Waals surface area contributed by atoms with Crippen LogP contribution in [-0.2, 0) is 16.0 Å². The third-order valence-electron chi connectivity index (χ3n) is 3.72. The zero-order chi connectivity index (χ0) is 20.7. The summed E-state index contributed by atoms with van der Waals surface area (Å²) in [5, 5.41) is 2.53. The van der Waals surface area contributed by atoms with E-state index in [2.05, 4.69) is 48.0 Å². The number of benzene rings is 2. The first-order chi connectivity index (χ1) is 13.3. The van der Waals surface area contributed by atoms with E-state index in [1.165, 1.54) is 0 Å². The average molecular weight is 529 g/mol. The summed E-state index contributed by atoms with van der Waals surface area (Å²) < 4.78 is 7.18. The molecule has 2 aromatic rings. The van der Waals surface area contributed by atoms with Gasteiger partial charge in [0, 0.05) is 4.47 Å². The van der Waals surface area contributed by atoms with Gasteiger partial charge in [0.1, 0.15) is 5.75 Å². The maximum atomic E-state index is 12.0. The van der Waals surface area contributed by atoms with Crippen LogP contribution < -0.4 is 20.9 Å². The molecule has 148 valence electrons. The zero-order valence-corrected chi connectivity index (χ0v) is 19.3. The van der Waals surface area contributed by atoms with E-state index < -0.39 is 5.91 Å². The first kappa shape index (κ1) is 22.3. The van der Waals surface area contributed by atoms with Gasteiger partial charge in [0.2, 0.25) is 5.91 Å². The van der Waals surface area contributed by atoms with Crippen molar-refractivity contribution in [1.82, 2.24) is 16.2 Å². The fourth-order valence-corrected chi connectivity index (χ4v) is 4.07. The Balaban J connectivity index is 1.76. The van der Waals surface area contributed by atoms with Gasteiger partial charge in [-0.2, -0.15) is 0 Å². The van der Waals surface area contributed by atoms with Gasteiger partial charge in [-0.1, -0.05) is 40.2 Å². The van der Waals surface area contributed by atoms with Crippen molar-refractivity contribution in [2.24, 2.45) is 0 Å². The summed E-state index contributed by atoms with van der Waals surface area (Å²) in [5.74, 6) is -0.135. The molecule has 0 bridgehead atoms. The van der Waals surface area contributed by atoms with Crippen LogP contribution in [0.25, 0.3) is 0 Å². The highest BCUT2D eigenvalue weighted by Gasteiger charge is 2.11. The molecule has 0 aromatic heterocycles. The molecule has 0 spiro atoms. The maximum absolute atomic E-state index is 12.0. The molecule has 0 radical (unpaired) electrons. The Morgan fingerprint density at radius 2 is 1.75 bits per heavy atom. The first-order valence-electron chi connectivity index (χ1n) is 8.28. The SMILES string of the molecule is Cc1ccccc1CC(=O)NC(=S)NNC(=O)COc1c(C)cc(Br)cc1Br. The van der Waals surface area contributed by atoms with Crippen molar-refractivity contribution in [2.75, 3.05) is 6.61 Å². The number of hydrogen-bond acceptors (Lipinski definition) is 4. The van der Waals surface area contributed by atoms with Crippen LogP contribution in [0.1, 0.15) is 16.7 Å². The minimum absolute atomic E-state index is 0.00735. The number of halogens is 2. The summed E-state index contributed by atoms with van der Waals surface area (Å²) in [4.78, 5) is 24.0. The molecule has 3 N–H and O–H groups in total. The predicted octanol–water partition coefficient (Wildman–Crippen LogP) is 3.47. The molecule has 0 unspecified atom stereocenters. The molecule has 0 saturated carbocycles. The van der Waals surface area contributed by atoms with Crippen LogP contribution in [0.3, 0.4) is 0 Å². The summed E-state index contributed by atoms with van der Waals surface area (Å²) in [6.45, 7) is 3.60. The first-order valence-corrected chi connectivity index (χ1v) is 10.3. The van der Waals surface area contributed by atoms with Gasteiger partial charge < -0.3 is 10.1 Å². The summed E-state index contributed by atoms with van der Waals surface area (Å²) in [7, 11) is 0. The molecule has 0 saturated heterocycles. The number of aryl methyl sites for hydroxylation is 2. The highest BCUT2D eigenvalue weighted by molar-refractivity contribution is 9.11. The van der Waals surface area contributed by atoms with Crippen LogP contribution in [0.5, 0.6) is 5.75 Å². The monoisotopic (exact) mass is 527 g/mol. The molecule has 0 atom stereocenters. The summed E-state index contributed by atoms with van der Waals surface area (Å²) >= 11 is 11.8. The lowest BCUT2D eigenvalue weighted by Gasteiger charge is -2.13. The van der Waals surface area contributed by atoms with E-state index >= 15 is 0 Å². The number of rotatable bonds is 5. The Kier molecular flexibility index (Phi) is 8.40. The van der Waals surface area contributed by atoms with Crippen molar-refractivity contribution in [3.63, 3.8) is 0 Å². The van der Waals surface area contributed by atoms with Gasteiger partial charge in [-0.15, -0.1) is 0 Å². The van der Waals surface area contributed by atoms with Crippen molar-refractivity contribution < 1.29 is 14.3 Å². The van der Waals surface area contributed by atoms with Crippen LogP contribution in [0.4, 0.5) is 0 Å². The van der Waals surface area contributed by atoms with E-state index in [0.29, 0.717) is 5.75 Å². The van der Waals surface area contributed by atoms with E-state index in [4.69, 9.17) is 17.0 Å². The number of thiocarbonyl (C=S) groups is 1. The molecular formula is C19H19Br2N3O3S. The molecule has 9 heteroatoms. The number of hydrazine groups is 1. The summed E-state index contributed by atoms with van der Waals surface area (Å²) in [6.07, 6.45) is 0.197. The topological polar surface area (TPSA) is 79.5 Å². The fraction of sp³-hybridized carbons (Fsp3) is 0.211. The molecule has 6 nitrogen and oxygen atoms in total. The Morgan fingerprint density at radius 3 is 2.43 bits per heavy atom. The Labute approximate surface area is 185 Å². The molecule has 0 aliphatic rings. The lowest BCUT2D eigenvalue weighted by Crippen LogP contribution is -2.50. The molecular weight excluding hydrogens is 510 g/mol. The van der Waals surface area contributed by atoms with Crippen LogP contribution in [0, 0.1) is 13.8 Å². The van der Waals surface area contributed by atoms with Crippen molar-refractivity contribution in [3.8, 4) is 5.75 Å². The highest BCUT2D eigenvalue weighted by Crippen LogP contribution is 2.32. The molecule has 0 heterocycles. The summed E-state index contributed by atoms with van der Waals surface area (Å²) in [6, 6.07) is 11.3. The maximum Gasteiger partial charge on any atom is 0.276 e.